The summed E-state index contributed by atoms with van der Waals surface area (Å²) in [6.45, 7) is 5.36. The normalized spacial score (nSPS) is 52.7. The van der Waals surface area contributed by atoms with Crippen LogP contribution in [0.1, 0.15) is 26.7 Å². The lowest BCUT2D eigenvalue weighted by molar-refractivity contribution is -0.0683. The summed E-state index contributed by atoms with van der Waals surface area (Å²) in [7, 11) is 2.13. The van der Waals surface area contributed by atoms with Crippen molar-refractivity contribution in [1.29, 1.82) is 0 Å². The molecule has 0 N–H and O–H groups in total. The van der Waals surface area contributed by atoms with Gasteiger partial charge in [-0.15, -0.1) is 0 Å². The summed E-state index contributed by atoms with van der Waals surface area (Å²) in [5.41, 5.74) is 0.141. The molecule has 0 saturated carbocycles. The molecule has 2 rings (SSSR count). The molecule has 0 aromatic heterocycles. The Balaban J connectivity index is 2.24. The highest BCUT2D eigenvalue weighted by Crippen LogP contribution is 2.44. The van der Waals surface area contributed by atoms with Crippen molar-refractivity contribution < 1.29 is 9.47 Å². The molecule has 2 aliphatic heterocycles. The van der Waals surface area contributed by atoms with E-state index in [0.29, 0.717) is 18.0 Å². The lowest BCUT2D eigenvalue weighted by atomic mass is 9.78. The number of fused-ring (bicyclic) bond motifs is 2. The molecule has 2 bridgehead atoms. The first-order chi connectivity index (χ1) is 5.69. The summed E-state index contributed by atoms with van der Waals surface area (Å²) in [6.07, 6.45) is 2.54. The molecule has 2 nitrogen and oxygen atoms in total. The molecule has 3 heteroatoms. The van der Waals surface area contributed by atoms with E-state index < -0.39 is 0 Å². The number of hydrogen-bond donors (Lipinski definition) is 0. The Morgan fingerprint density at radius 3 is 2.92 bits per heavy atom. The van der Waals surface area contributed by atoms with E-state index in [1.807, 2.05) is 0 Å². The second-order valence-electron chi connectivity index (χ2n) is 4.12. The zero-order valence-corrected chi connectivity index (χ0v) is 8.17. The van der Waals surface area contributed by atoms with Gasteiger partial charge in [-0.25, -0.2) is 0 Å². The Hall–Kier alpha value is -0.0151. The van der Waals surface area contributed by atoms with E-state index in [4.69, 9.17) is 9.47 Å². The molecule has 0 radical (unpaired) electrons. The van der Waals surface area contributed by atoms with Gasteiger partial charge in [0.2, 0.25) is 0 Å². The molecule has 0 aromatic rings. The third-order valence-corrected chi connectivity index (χ3v) is 3.64. The molecule has 0 spiro atoms. The SMILES string of the molecule is BC1O[C@@]2(CC)CCOC1C2C. The van der Waals surface area contributed by atoms with Gasteiger partial charge in [-0.2, -0.15) is 0 Å². The summed E-state index contributed by atoms with van der Waals surface area (Å²) in [5, 5.41) is 0. The van der Waals surface area contributed by atoms with Gasteiger partial charge >= 0.3 is 0 Å². The summed E-state index contributed by atoms with van der Waals surface area (Å²) in [6, 6.07) is 0.294. The maximum absolute atomic E-state index is 6.01. The van der Waals surface area contributed by atoms with Gasteiger partial charge < -0.3 is 9.47 Å². The highest BCUT2D eigenvalue weighted by atomic mass is 16.6. The second-order valence-corrected chi connectivity index (χ2v) is 4.12. The fourth-order valence-corrected chi connectivity index (χ4v) is 2.77. The molecule has 2 heterocycles. The van der Waals surface area contributed by atoms with Crippen LogP contribution >= 0.6 is 0 Å². The molecule has 2 fully saturated rings. The quantitative estimate of drug-likeness (QED) is 0.532. The van der Waals surface area contributed by atoms with E-state index in [0.717, 1.165) is 19.4 Å². The van der Waals surface area contributed by atoms with Crippen molar-refractivity contribution in [2.75, 3.05) is 6.61 Å². The van der Waals surface area contributed by atoms with Crippen LogP contribution in [0.15, 0.2) is 0 Å². The molecule has 2 aliphatic rings. The molecule has 0 aliphatic carbocycles. The van der Waals surface area contributed by atoms with E-state index in [1.165, 1.54) is 0 Å². The standard InChI is InChI=1S/C9H17BO2/c1-3-9-4-5-11-7(6(9)2)8(10)12-9/h6-8H,3-5,10H2,1-2H3/t6?,7?,8?,9-/m0/s1. The van der Waals surface area contributed by atoms with E-state index in [1.54, 1.807) is 0 Å². The van der Waals surface area contributed by atoms with E-state index in [-0.39, 0.29) is 5.60 Å². The minimum absolute atomic E-state index is 0.141. The first-order valence-electron chi connectivity index (χ1n) is 4.99. The van der Waals surface area contributed by atoms with Crippen LogP contribution < -0.4 is 0 Å². The molecule has 0 amide bonds. The zero-order chi connectivity index (χ0) is 8.77. The molecular formula is C9H17BO2. The minimum atomic E-state index is 0.141. The first-order valence-corrected chi connectivity index (χ1v) is 4.99. The fraction of sp³-hybridized carbons (Fsp3) is 1.00. The van der Waals surface area contributed by atoms with E-state index in [9.17, 15) is 0 Å². The smallest absolute Gasteiger partial charge is 0.142 e. The van der Waals surface area contributed by atoms with Crippen LogP contribution in [0.25, 0.3) is 0 Å². The largest absolute Gasteiger partial charge is 0.378 e. The average molecular weight is 168 g/mol. The predicted octanol–water partition coefficient (Wildman–Crippen LogP) is 0.550. The van der Waals surface area contributed by atoms with Crippen molar-refractivity contribution in [2.45, 2.75) is 44.4 Å². The van der Waals surface area contributed by atoms with Gasteiger partial charge in [0.25, 0.3) is 0 Å². The lowest BCUT2D eigenvalue weighted by Crippen LogP contribution is -2.42. The summed E-state index contributed by atoms with van der Waals surface area (Å²) < 4.78 is 11.7. The topological polar surface area (TPSA) is 18.5 Å². The van der Waals surface area contributed by atoms with Crippen LogP contribution in [0.4, 0.5) is 0 Å². The molecule has 2 saturated heterocycles. The predicted molar refractivity (Wildman–Crippen MR) is 50.0 cm³/mol. The summed E-state index contributed by atoms with van der Waals surface area (Å²) in [4.78, 5) is 0. The van der Waals surface area contributed by atoms with Crippen LogP contribution in [0, 0.1) is 5.92 Å². The van der Waals surface area contributed by atoms with Gasteiger partial charge in [0.15, 0.2) is 0 Å². The van der Waals surface area contributed by atoms with Gasteiger partial charge in [0.05, 0.1) is 17.7 Å². The maximum Gasteiger partial charge on any atom is 0.142 e. The van der Waals surface area contributed by atoms with Crippen molar-refractivity contribution in [3.8, 4) is 0 Å². The van der Waals surface area contributed by atoms with Gasteiger partial charge in [-0.1, -0.05) is 13.8 Å². The molecule has 0 aromatic carbocycles. The second kappa shape index (κ2) is 2.74. The van der Waals surface area contributed by atoms with Crippen molar-refractivity contribution >= 4 is 7.85 Å². The minimum Gasteiger partial charge on any atom is -0.378 e. The Bertz CT molecular complexity index is 185. The van der Waals surface area contributed by atoms with E-state index in [2.05, 4.69) is 21.7 Å². The van der Waals surface area contributed by atoms with Crippen LogP contribution in [-0.2, 0) is 9.47 Å². The van der Waals surface area contributed by atoms with Crippen LogP contribution in [0.3, 0.4) is 0 Å². The highest BCUT2D eigenvalue weighted by molar-refractivity contribution is 6.11. The van der Waals surface area contributed by atoms with Crippen LogP contribution in [0.5, 0.6) is 0 Å². The lowest BCUT2D eigenvalue weighted by Gasteiger charge is -2.36. The Kier molecular flexibility index (Phi) is 1.96. The molecule has 3 unspecified atom stereocenters. The third kappa shape index (κ3) is 0.959. The van der Waals surface area contributed by atoms with Crippen molar-refractivity contribution in [3.63, 3.8) is 0 Å². The Labute approximate surface area is 75.0 Å². The highest BCUT2D eigenvalue weighted by Gasteiger charge is 2.52. The van der Waals surface area contributed by atoms with Gasteiger partial charge in [0.1, 0.15) is 7.85 Å². The average Bonchev–Trinajstić information content (AvgIpc) is 2.23. The number of ether oxygens (including phenoxy) is 2. The monoisotopic (exact) mass is 168 g/mol. The van der Waals surface area contributed by atoms with E-state index >= 15 is 0 Å². The molecule has 68 valence electrons. The fourth-order valence-electron chi connectivity index (χ4n) is 2.77. The van der Waals surface area contributed by atoms with Crippen molar-refractivity contribution in [3.05, 3.63) is 0 Å². The maximum atomic E-state index is 6.01. The summed E-state index contributed by atoms with van der Waals surface area (Å²) >= 11 is 0. The molecule has 4 atom stereocenters. The van der Waals surface area contributed by atoms with Crippen molar-refractivity contribution in [1.82, 2.24) is 0 Å². The molecular weight excluding hydrogens is 151 g/mol. The first kappa shape index (κ1) is 8.58. The molecule has 12 heavy (non-hydrogen) atoms. The summed E-state index contributed by atoms with van der Waals surface area (Å²) in [5.74, 6) is 0.575. The van der Waals surface area contributed by atoms with Crippen LogP contribution in [0.2, 0.25) is 0 Å². The Morgan fingerprint density at radius 1 is 1.58 bits per heavy atom. The van der Waals surface area contributed by atoms with Crippen molar-refractivity contribution in [2.24, 2.45) is 5.92 Å². The Morgan fingerprint density at radius 2 is 2.33 bits per heavy atom. The third-order valence-electron chi connectivity index (χ3n) is 3.64. The zero-order valence-electron chi connectivity index (χ0n) is 8.17. The van der Waals surface area contributed by atoms with Gasteiger partial charge in [-0.3, -0.25) is 0 Å². The van der Waals surface area contributed by atoms with Gasteiger partial charge in [-0.05, 0) is 6.42 Å². The van der Waals surface area contributed by atoms with Gasteiger partial charge in [0, 0.05) is 18.9 Å². The van der Waals surface area contributed by atoms with Crippen LogP contribution in [-0.4, -0.2) is 32.2 Å². The number of hydrogen-bond acceptors (Lipinski definition) is 2. The number of rotatable bonds is 1.